The molecule has 0 radical (unpaired) electrons. The predicted molar refractivity (Wildman–Crippen MR) is 77.6 cm³/mol. The van der Waals surface area contributed by atoms with Crippen LogP contribution < -0.4 is 0 Å². The van der Waals surface area contributed by atoms with Gasteiger partial charge in [-0.2, -0.15) is 0 Å². The van der Waals surface area contributed by atoms with E-state index in [1.165, 1.54) is 11.3 Å². The number of rotatable bonds is 2. The van der Waals surface area contributed by atoms with Crippen LogP contribution in [-0.4, -0.2) is 27.6 Å². The van der Waals surface area contributed by atoms with Gasteiger partial charge in [-0.1, -0.05) is 34.6 Å². The molecule has 0 aliphatic heterocycles. The lowest BCUT2D eigenvalue weighted by atomic mass is 9.89. The Hall–Kier alpha value is -1.04. The molecule has 1 aliphatic rings. The van der Waals surface area contributed by atoms with Crippen LogP contribution in [0.25, 0.3) is 0 Å². The number of Topliss-reactive ketones (excluding diaryl/α,β-unsaturated/α-hetero) is 2. The average Bonchev–Trinajstić information content (AvgIpc) is 2.81. The van der Waals surface area contributed by atoms with Crippen molar-refractivity contribution < 1.29 is 19.8 Å². The van der Waals surface area contributed by atoms with Gasteiger partial charge in [0, 0.05) is 20.9 Å². The van der Waals surface area contributed by atoms with Crippen molar-refractivity contribution in [2.24, 2.45) is 0 Å². The Kier molecular flexibility index (Phi) is 3.44. The molecule has 4 nitrogen and oxygen atoms in total. The Morgan fingerprint density at radius 1 is 1.15 bits per heavy atom. The van der Waals surface area contributed by atoms with E-state index >= 15 is 0 Å². The van der Waals surface area contributed by atoms with Crippen molar-refractivity contribution in [3.05, 3.63) is 20.9 Å². The number of thiophene rings is 1. The number of aliphatic hydroxyl groups is 2. The molecule has 5 heteroatoms. The van der Waals surface area contributed by atoms with Gasteiger partial charge in [0.05, 0.1) is 0 Å². The number of carbonyl (C=O) groups excluding carboxylic acids is 2. The number of hydrogen-bond donors (Lipinski definition) is 2. The third kappa shape index (κ3) is 1.96. The van der Waals surface area contributed by atoms with Crippen LogP contribution in [0.5, 0.6) is 0 Å². The first-order valence-electron chi connectivity index (χ1n) is 6.75. The Balaban J connectivity index is 2.78. The first-order chi connectivity index (χ1) is 9.03. The second-order valence-corrected chi connectivity index (χ2v) is 7.49. The number of ketones is 2. The molecule has 1 atom stereocenters. The van der Waals surface area contributed by atoms with Crippen molar-refractivity contribution in [1.82, 2.24) is 0 Å². The summed E-state index contributed by atoms with van der Waals surface area (Å²) in [5, 5.41) is 19.5. The molecule has 0 fully saturated rings. The number of carbonyl (C=O) groups is 2. The molecule has 1 aromatic rings. The molecule has 20 heavy (non-hydrogen) atoms. The number of hydrogen-bond acceptors (Lipinski definition) is 5. The van der Waals surface area contributed by atoms with Crippen LogP contribution in [0.4, 0.5) is 0 Å². The van der Waals surface area contributed by atoms with Crippen LogP contribution in [0.15, 0.2) is 0 Å². The van der Waals surface area contributed by atoms with Gasteiger partial charge in [0.2, 0.25) is 11.6 Å². The Morgan fingerprint density at radius 2 is 1.65 bits per heavy atom. The van der Waals surface area contributed by atoms with Gasteiger partial charge < -0.3 is 10.2 Å². The summed E-state index contributed by atoms with van der Waals surface area (Å²) in [4.78, 5) is 25.9. The maximum atomic E-state index is 12.2. The fourth-order valence-corrected chi connectivity index (χ4v) is 3.89. The van der Waals surface area contributed by atoms with Gasteiger partial charge in [0.25, 0.3) is 5.79 Å². The van der Waals surface area contributed by atoms with Gasteiger partial charge in [-0.15, -0.1) is 11.3 Å². The molecule has 0 spiro atoms. The van der Waals surface area contributed by atoms with E-state index in [0.717, 1.165) is 16.2 Å². The molecule has 1 aliphatic carbocycles. The Labute approximate surface area is 122 Å². The summed E-state index contributed by atoms with van der Waals surface area (Å²) in [6, 6.07) is 0. The minimum Gasteiger partial charge on any atom is -0.353 e. The zero-order valence-electron chi connectivity index (χ0n) is 12.4. The highest BCUT2D eigenvalue weighted by Gasteiger charge is 2.55. The molecule has 1 heterocycles. The largest absolute Gasteiger partial charge is 0.353 e. The molecular weight excluding hydrogens is 276 g/mol. The highest BCUT2D eigenvalue weighted by atomic mass is 32.1. The second-order valence-electron chi connectivity index (χ2n) is 6.44. The molecule has 0 bridgehead atoms. The van der Waals surface area contributed by atoms with Crippen LogP contribution >= 0.6 is 11.3 Å². The van der Waals surface area contributed by atoms with Gasteiger partial charge in [0.1, 0.15) is 0 Å². The summed E-state index contributed by atoms with van der Waals surface area (Å²) in [6.07, 6.45) is 0.821. The van der Waals surface area contributed by atoms with E-state index in [1.807, 2.05) is 34.6 Å². The minimum atomic E-state index is -2.89. The second kappa shape index (κ2) is 4.48. The molecule has 2 N–H and O–H groups in total. The normalized spacial score (nSPS) is 19.4. The smallest absolute Gasteiger partial charge is 0.295 e. The van der Waals surface area contributed by atoms with Gasteiger partial charge >= 0.3 is 0 Å². The molecule has 2 rings (SSSR count). The lowest BCUT2D eigenvalue weighted by molar-refractivity contribution is -0.0858. The van der Waals surface area contributed by atoms with Crippen LogP contribution in [0.3, 0.4) is 0 Å². The molecule has 0 aromatic carbocycles. The van der Waals surface area contributed by atoms with Gasteiger partial charge in [-0.3, -0.25) is 9.59 Å². The Bertz CT molecular complexity index is 590. The fourth-order valence-electron chi connectivity index (χ4n) is 2.40. The summed E-state index contributed by atoms with van der Waals surface area (Å²) < 4.78 is 0. The third-order valence-electron chi connectivity index (χ3n) is 3.76. The first kappa shape index (κ1) is 15.4. The monoisotopic (exact) mass is 296 g/mol. The molecule has 1 unspecified atom stereocenters. The van der Waals surface area contributed by atoms with Gasteiger partial charge in [0.15, 0.2) is 0 Å². The maximum Gasteiger partial charge on any atom is 0.295 e. The SMILES string of the molecule is CCC(C)c1sc(C(C)(C)C)c2c1C(=O)C(O)(O)C2=O. The van der Waals surface area contributed by atoms with Crippen LogP contribution in [0, 0.1) is 0 Å². The summed E-state index contributed by atoms with van der Waals surface area (Å²) in [5.41, 5.74) is 0.119. The van der Waals surface area contributed by atoms with Crippen molar-refractivity contribution in [2.45, 2.75) is 58.2 Å². The van der Waals surface area contributed by atoms with E-state index in [-0.39, 0.29) is 22.5 Å². The van der Waals surface area contributed by atoms with Crippen LogP contribution in [0.2, 0.25) is 0 Å². The molecule has 1 aromatic heterocycles. The van der Waals surface area contributed by atoms with Gasteiger partial charge in [-0.25, -0.2) is 0 Å². The minimum absolute atomic E-state index is 0.107. The predicted octanol–water partition coefficient (Wildman–Crippen LogP) is 2.62. The summed E-state index contributed by atoms with van der Waals surface area (Å²) in [7, 11) is 0. The highest BCUT2D eigenvalue weighted by Crippen LogP contribution is 2.46. The molecule has 0 amide bonds. The maximum absolute atomic E-state index is 12.2. The molecule has 0 saturated heterocycles. The van der Waals surface area contributed by atoms with Crippen molar-refractivity contribution in [3.8, 4) is 0 Å². The topological polar surface area (TPSA) is 74.6 Å². The van der Waals surface area contributed by atoms with Crippen molar-refractivity contribution in [3.63, 3.8) is 0 Å². The first-order valence-corrected chi connectivity index (χ1v) is 7.56. The molecular formula is C15H20O4S. The lowest BCUT2D eigenvalue weighted by Crippen LogP contribution is -2.41. The highest BCUT2D eigenvalue weighted by molar-refractivity contribution is 7.13. The lowest BCUT2D eigenvalue weighted by Gasteiger charge is -2.19. The van der Waals surface area contributed by atoms with E-state index in [1.54, 1.807) is 0 Å². The Morgan fingerprint density at radius 3 is 2.10 bits per heavy atom. The summed E-state index contributed by atoms with van der Waals surface area (Å²) in [5.74, 6) is -4.54. The zero-order valence-corrected chi connectivity index (χ0v) is 13.2. The fraction of sp³-hybridized carbons (Fsp3) is 0.600. The van der Waals surface area contributed by atoms with Crippen molar-refractivity contribution in [1.29, 1.82) is 0 Å². The molecule has 0 saturated carbocycles. The standard InChI is InChI=1S/C15H20O4S/c1-6-7(2)10-8-9(13(20-10)14(3,4)5)12(17)15(18,19)11(8)16/h7,18-19H,6H2,1-5H3. The molecule has 110 valence electrons. The zero-order chi connectivity index (χ0) is 15.5. The van der Waals surface area contributed by atoms with Crippen LogP contribution in [0.1, 0.15) is 77.4 Å². The quantitative estimate of drug-likeness (QED) is 0.650. The van der Waals surface area contributed by atoms with Gasteiger partial charge in [-0.05, 0) is 17.8 Å². The van der Waals surface area contributed by atoms with E-state index in [2.05, 4.69) is 0 Å². The van der Waals surface area contributed by atoms with E-state index < -0.39 is 17.4 Å². The van der Waals surface area contributed by atoms with Crippen molar-refractivity contribution >= 4 is 22.9 Å². The summed E-state index contributed by atoms with van der Waals surface area (Å²) in [6.45, 7) is 9.83. The van der Waals surface area contributed by atoms with E-state index in [4.69, 9.17) is 0 Å². The van der Waals surface area contributed by atoms with E-state index in [9.17, 15) is 19.8 Å². The number of fused-ring (bicyclic) bond motifs is 1. The van der Waals surface area contributed by atoms with E-state index in [0.29, 0.717) is 0 Å². The summed E-state index contributed by atoms with van der Waals surface area (Å²) >= 11 is 1.45. The van der Waals surface area contributed by atoms with Crippen molar-refractivity contribution in [2.75, 3.05) is 0 Å². The average molecular weight is 296 g/mol. The third-order valence-corrected chi connectivity index (χ3v) is 5.61. The van der Waals surface area contributed by atoms with Crippen LogP contribution in [-0.2, 0) is 5.41 Å².